The molecule has 0 radical (unpaired) electrons. The molecule has 0 atom stereocenters. The molecule has 1 aromatic carbocycles. The molecule has 6 heteroatoms. The summed E-state index contributed by atoms with van der Waals surface area (Å²) < 4.78 is 26.9. The van der Waals surface area contributed by atoms with Crippen LogP contribution >= 0.6 is 0 Å². The lowest BCUT2D eigenvalue weighted by Crippen LogP contribution is -2.47. The second kappa shape index (κ2) is 6.65. The molecule has 0 unspecified atom stereocenters. The fraction of sp³-hybridized carbons (Fsp3) is 0.500. The van der Waals surface area contributed by atoms with Crippen LogP contribution in [-0.2, 0) is 4.79 Å². The van der Waals surface area contributed by atoms with E-state index in [2.05, 4.69) is 4.90 Å². The van der Waals surface area contributed by atoms with E-state index in [1.54, 1.807) is 6.07 Å². The molecule has 1 aromatic rings. The van der Waals surface area contributed by atoms with Crippen LogP contribution in [0.3, 0.4) is 0 Å². The molecule has 1 saturated heterocycles. The number of nitrogens with two attached hydrogens (primary N) is 1. The number of carbonyl (C=O) groups excluding carboxylic acids is 1. The van der Waals surface area contributed by atoms with Crippen molar-refractivity contribution in [2.75, 3.05) is 37.6 Å². The summed E-state index contributed by atoms with van der Waals surface area (Å²) in [7, 11) is 0. The number of amides is 1. The molecule has 1 heterocycles. The van der Waals surface area contributed by atoms with Crippen molar-refractivity contribution in [1.29, 1.82) is 0 Å². The molecule has 0 aliphatic carbocycles. The first kappa shape index (κ1) is 14.7. The summed E-state index contributed by atoms with van der Waals surface area (Å²) in [5.41, 5.74) is 5.42. The van der Waals surface area contributed by atoms with E-state index in [0.717, 1.165) is 32.1 Å². The molecule has 0 aromatic heterocycles. The van der Waals surface area contributed by atoms with Gasteiger partial charge in [0.15, 0.2) is 11.6 Å². The second-order valence-electron chi connectivity index (χ2n) is 4.97. The SMILES string of the molecule is NC(=O)CCCN1CCN(c2cccc(F)c2F)CC1. The Morgan fingerprint density at radius 2 is 1.90 bits per heavy atom. The number of hydrogen-bond acceptors (Lipinski definition) is 3. The average Bonchev–Trinajstić information content (AvgIpc) is 2.42. The van der Waals surface area contributed by atoms with Gasteiger partial charge >= 0.3 is 0 Å². The van der Waals surface area contributed by atoms with E-state index in [1.807, 2.05) is 4.90 Å². The van der Waals surface area contributed by atoms with Gasteiger partial charge < -0.3 is 10.6 Å². The summed E-state index contributed by atoms with van der Waals surface area (Å²) in [6.45, 7) is 3.65. The predicted molar refractivity (Wildman–Crippen MR) is 73.4 cm³/mol. The van der Waals surface area contributed by atoms with Gasteiger partial charge in [0.2, 0.25) is 5.91 Å². The molecule has 4 nitrogen and oxygen atoms in total. The largest absolute Gasteiger partial charge is 0.370 e. The Kier molecular flexibility index (Phi) is 4.89. The van der Waals surface area contributed by atoms with Gasteiger partial charge in [0, 0.05) is 32.6 Å². The lowest BCUT2D eigenvalue weighted by molar-refractivity contribution is -0.118. The summed E-state index contributed by atoms with van der Waals surface area (Å²) in [6, 6.07) is 4.24. The fourth-order valence-corrected chi connectivity index (χ4v) is 2.43. The maximum atomic E-state index is 13.7. The number of piperazine rings is 1. The van der Waals surface area contributed by atoms with Crippen LogP contribution in [0, 0.1) is 11.6 Å². The predicted octanol–water partition coefficient (Wildman–Crippen LogP) is 1.35. The number of nitrogens with zero attached hydrogens (tertiary/aromatic N) is 2. The van der Waals surface area contributed by atoms with Gasteiger partial charge in [0.05, 0.1) is 5.69 Å². The molecular weight excluding hydrogens is 264 g/mol. The zero-order valence-corrected chi connectivity index (χ0v) is 11.3. The quantitative estimate of drug-likeness (QED) is 0.887. The van der Waals surface area contributed by atoms with Crippen LogP contribution in [0.15, 0.2) is 18.2 Å². The third-order valence-electron chi connectivity index (χ3n) is 3.54. The molecule has 110 valence electrons. The van der Waals surface area contributed by atoms with E-state index < -0.39 is 11.6 Å². The van der Waals surface area contributed by atoms with Crippen molar-refractivity contribution >= 4 is 11.6 Å². The lowest BCUT2D eigenvalue weighted by atomic mass is 10.2. The van der Waals surface area contributed by atoms with Crippen LogP contribution in [0.1, 0.15) is 12.8 Å². The van der Waals surface area contributed by atoms with E-state index in [-0.39, 0.29) is 5.91 Å². The van der Waals surface area contributed by atoms with Crippen LogP contribution < -0.4 is 10.6 Å². The van der Waals surface area contributed by atoms with Crippen molar-refractivity contribution in [1.82, 2.24) is 4.90 Å². The molecule has 0 saturated carbocycles. The van der Waals surface area contributed by atoms with Crippen molar-refractivity contribution in [3.8, 4) is 0 Å². The molecule has 0 spiro atoms. The summed E-state index contributed by atoms with van der Waals surface area (Å²) in [4.78, 5) is 14.7. The lowest BCUT2D eigenvalue weighted by Gasteiger charge is -2.36. The van der Waals surface area contributed by atoms with E-state index in [0.29, 0.717) is 25.2 Å². The Balaban J connectivity index is 1.85. The Bertz CT molecular complexity index is 473. The monoisotopic (exact) mass is 283 g/mol. The topological polar surface area (TPSA) is 49.6 Å². The number of halogens is 2. The molecule has 2 N–H and O–H groups in total. The highest BCUT2D eigenvalue weighted by Gasteiger charge is 2.20. The van der Waals surface area contributed by atoms with Crippen LogP contribution in [-0.4, -0.2) is 43.5 Å². The number of hydrogen-bond donors (Lipinski definition) is 1. The number of carbonyl (C=O) groups is 1. The molecule has 1 amide bonds. The number of rotatable bonds is 5. The summed E-state index contributed by atoms with van der Waals surface area (Å²) in [6.07, 6.45) is 1.13. The van der Waals surface area contributed by atoms with Crippen molar-refractivity contribution in [2.24, 2.45) is 5.73 Å². The zero-order valence-electron chi connectivity index (χ0n) is 11.3. The van der Waals surface area contributed by atoms with Crippen LogP contribution in [0.4, 0.5) is 14.5 Å². The third kappa shape index (κ3) is 3.66. The zero-order chi connectivity index (χ0) is 14.5. The van der Waals surface area contributed by atoms with Gasteiger partial charge in [-0.1, -0.05) is 6.07 Å². The molecule has 1 aliphatic rings. The molecule has 0 bridgehead atoms. The van der Waals surface area contributed by atoms with Gasteiger partial charge in [-0.25, -0.2) is 8.78 Å². The third-order valence-corrected chi connectivity index (χ3v) is 3.54. The normalized spacial score (nSPS) is 16.4. The minimum Gasteiger partial charge on any atom is -0.370 e. The molecular formula is C14H19F2N3O. The first-order chi connectivity index (χ1) is 9.58. The minimum atomic E-state index is -0.814. The molecule has 1 fully saturated rings. The number of anilines is 1. The van der Waals surface area contributed by atoms with E-state index in [9.17, 15) is 13.6 Å². The first-order valence-corrected chi connectivity index (χ1v) is 6.77. The number of primary amides is 1. The van der Waals surface area contributed by atoms with Gasteiger partial charge in [0.25, 0.3) is 0 Å². The molecule has 1 aliphatic heterocycles. The van der Waals surface area contributed by atoms with Crippen molar-refractivity contribution in [3.63, 3.8) is 0 Å². The first-order valence-electron chi connectivity index (χ1n) is 6.77. The van der Waals surface area contributed by atoms with Gasteiger partial charge in [-0.3, -0.25) is 9.69 Å². The van der Waals surface area contributed by atoms with E-state index in [1.165, 1.54) is 6.07 Å². The van der Waals surface area contributed by atoms with Crippen molar-refractivity contribution in [2.45, 2.75) is 12.8 Å². The van der Waals surface area contributed by atoms with Gasteiger partial charge in [-0.05, 0) is 25.1 Å². The molecule has 20 heavy (non-hydrogen) atoms. The van der Waals surface area contributed by atoms with Gasteiger partial charge in [0.1, 0.15) is 0 Å². The standard InChI is InChI=1S/C14H19F2N3O/c15-11-3-1-4-12(14(11)16)19-9-7-18(8-10-19)6-2-5-13(17)20/h1,3-4H,2,5-10H2,(H2,17,20). The second-order valence-corrected chi connectivity index (χ2v) is 4.97. The summed E-state index contributed by atoms with van der Waals surface area (Å²) >= 11 is 0. The summed E-state index contributed by atoms with van der Waals surface area (Å²) in [5.74, 6) is -1.88. The highest BCUT2D eigenvalue weighted by atomic mass is 19.2. The average molecular weight is 283 g/mol. The fourth-order valence-electron chi connectivity index (χ4n) is 2.43. The van der Waals surface area contributed by atoms with E-state index >= 15 is 0 Å². The Morgan fingerprint density at radius 3 is 2.55 bits per heavy atom. The van der Waals surface area contributed by atoms with E-state index in [4.69, 9.17) is 5.73 Å². The van der Waals surface area contributed by atoms with Crippen LogP contribution in [0.25, 0.3) is 0 Å². The number of benzene rings is 1. The Morgan fingerprint density at radius 1 is 1.20 bits per heavy atom. The maximum Gasteiger partial charge on any atom is 0.217 e. The Labute approximate surface area is 117 Å². The van der Waals surface area contributed by atoms with Gasteiger partial charge in [-0.15, -0.1) is 0 Å². The van der Waals surface area contributed by atoms with Crippen molar-refractivity contribution < 1.29 is 13.6 Å². The maximum absolute atomic E-state index is 13.7. The Hall–Kier alpha value is -1.69. The van der Waals surface area contributed by atoms with Gasteiger partial charge in [-0.2, -0.15) is 0 Å². The van der Waals surface area contributed by atoms with Crippen LogP contribution in [0.2, 0.25) is 0 Å². The summed E-state index contributed by atoms with van der Waals surface area (Å²) in [5, 5.41) is 0. The minimum absolute atomic E-state index is 0.287. The highest BCUT2D eigenvalue weighted by Crippen LogP contribution is 2.22. The highest BCUT2D eigenvalue weighted by molar-refractivity contribution is 5.73. The molecule has 2 rings (SSSR count). The smallest absolute Gasteiger partial charge is 0.217 e. The van der Waals surface area contributed by atoms with Crippen molar-refractivity contribution in [3.05, 3.63) is 29.8 Å². The van der Waals surface area contributed by atoms with Crippen LogP contribution in [0.5, 0.6) is 0 Å².